The van der Waals surface area contributed by atoms with E-state index in [1.54, 1.807) is 16.2 Å². The van der Waals surface area contributed by atoms with Crippen LogP contribution in [0.5, 0.6) is 0 Å². The van der Waals surface area contributed by atoms with Crippen LogP contribution in [0.1, 0.15) is 49.2 Å². The molecule has 5 rings (SSSR count). The van der Waals surface area contributed by atoms with Gasteiger partial charge in [-0.3, -0.25) is 4.79 Å². The number of rotatable bonds is 2. The molecule has 0 saturated carbocycles. The molecule has 0 unspecified atom stereocenters. The van der Waals surface area contributed by atoms with E-state index >= 15 is 0 Å². The first-order valence-corrected chi connectivity index (χ1v) is 11.5. The van der Waals surface area contributed by atoms with Crippen LogP contribution in [0.4, 0.5) is 14.5 Å². The fourth-order valence-corrected chi connectivity index (χ4v) is 5.98. The predicted molar refractivity (Wildman–Crippen MR) is 122 cm³/mol. The molecule has 4 heterocycles. The molecule has 1 atom stereocenters. The zero-order chi connectivity index (χ0) is 23.0. The van der Waals surface area contributed by atoms with Crippen molar-refractivity contribution in [3.63, 3.8) is 0 Å². The van der Waals surface area contributed by atoms with E-state index in [1.165, 1.54) is 12.3 Å². The van der Waals surface area contributed by atoms with Crippen molar-refractivity contribution in [3.8, 4) is 11.3 Å². The molecule has 3 aromatic rings. The minimum absolute atomic E-state index is 0.0593. The van der Waals surface area contributed by atoms with E-state index in [4.69, 9.17) is 0 Å². The Morgan fingerprint density at radius 3 is 2.66 bits per heavy atom. The number of carbonyl (C=O) groups is 1. The first kappa shape index (κ1) is 21.1. The van der Waals surface area contributed by atoms with E-state index in [1.807, 2.05) is 22.1 Å². The maximum Gasteiger partial charge on any atom is 0.341 e. The van der Waals surface area contributed by atoms with Gasteiger partial charge >= 0.3 is 5.97 Å². The first-order chi connectivity index (χ1) is 15.0. The molecule has 0 radical (unpaired) electrons. The van der Waals surface area contributed by atoms with Gasteiger partial charge in [-0.1, -0.05) is 20.8 Å². The summed E-state index contributed by atoms with van der Waals surface area (Å²) in [7, 11) is 0. The molecule has 1 saturated heterocycles. The normalized spacial score (nSPS) is 19.8. The summed E-state index contributed by atoms with van der Waals surface area (Å²) in [4.78, 5) is 26.0. The van der Waals surface area contributed by atoms with Gasteiger partial charge in [0.2, 0.25) is 0 Å². The molecular formula is C24H24F2N2O3S. The van der Waals surface area contributed by atoms with Gasteiger partial charge in [-0.2, -0.15) is 0 Å². The van der Waals surface area contributed by atoms with E-state index in [2.05, 4.69) is 20.8 Å². The molecule has 5 nitrogen and oxygen atoms in total. The summed E-state index contributed by atoms with van der Waals surface area (Å²) >= 11 is 1.58. The lowest BCUT2D eigenvalue weighted by atomic mass is 9.78. The topological polar surface area (TPSA) is 62.5 Å². The summed E-state index contributed by atoms with van der Waals surface area (Å²) in [6, 6.07) is 5.22. The number of hydrogen-bond donors (Lipinski definition) is 1. The Labute approximate surface area is 187 Å². The Bertz CT molecular complexity index is 1320. The fraction of sp³-hybridized carbons (Fsp3) is 0.417. The molecule has 0 aliphatic carbocycles. The van der Waals surface area contributed by atoms with Gasteiger partial charge in [0.1, 0.15) is 5.56 Å². The van der Waals surface area contributed by atoms with Gasteiger partial charge in [0.15, 0.2) is 5.43 Å². The summed E-state index contributed by atoms with van der Waals surface area (Å²) in [6.45, 7) is 6.23. The van der Waals surface area contributed by atoms with Crippen LogP contribution in [0, 0.1) is 5.41 Å². The Morgan fingerprint density at radius 1 is 1.28 bits per heavy atom. The lowest BCUT2D eigenvalue weighted by Gasteiger charge is -2.39. The highest BCUT2D eigenvalue weighted by Crippen LogP contribution is 2.48. The van der Waals surface area contributed by atoms with Crippen molar-refractivity contribution in [1.82, 2.24) is 4.57 Å². The number of alkyl halides is 2. The molecule has 1 N–H and O–H groups in total. The van der Waals surface area contributed by atoms with Gasteiger partial charge in [0.05, 0.1) is 12.2 Å². The Hall–Kier alpha value is -2.74. The molecule has 2 aliphatic rings. The van der Waals surface area contributed by atoms with Gasteiger partial charge in [-0.25, -0.2) is 13.6 Å². The number of nitrogens with zero attached hydrogens (tertiary/aromatic N) is 2. The highest BCUT2D eigenvalue weighted by Gasteiger charge is 2.40. The van der Waals surface area contributed by atoms with Crippen LogP contribution in [0.2, 0.25) is 0 Å². The molecule has 2 aromatic heterocycles. The summed E-state index contributed by atoms with van der Waals surface area (Å²) < 4.78 is 30.9. The maximum absolute atomic E-state index is 14.0. The van der Waals surface area contributed by atoms with Crippen molar-refractivity contribution in [3.05, 3.63) is 51.1 Å². The predicted octanol–water partition coefficient (Wildman–Crippen LogP) is 5.42. The third-order valence-corrected chi connectivity index (χ3v) is 7.62. The second-order valence-electron chi connectivity index (χ2n) is 9.85. The van der Waals surface area contributed by atoms with Gasteiger partial charge in [0, 0.05) is 52.6 Å². The Morgan fingerprint density at radius 2 is 2.03 bits per heavy atom. The second-order valence-corrected chi connectivity index (χ2v) is 10.8. The van der Waals surface area contributed by atoms with Crippen LogP contribution in [0.25, 0.3) is 21.3 Å². The van der Waals surface area contributed by atoms with Crippen LogP contribution in [0.3, 0.4) is 0 Å². The largest absolute Gasteiger partial charge is 0.477 e. The standard InChI is InChI=1S/C24H24F2N2O3S/c1-23(2,3)20-9-15-14(18-10-19(29)16(22(30)31)11-28(18)20)8-17(13-4-7-32-21(13)15)27-6-5-24(25,26)12-27/h4,7-8,10-11,20H,5-6,9,12H2,1-3H3,(H,30,31)/t20-/m0/s1. The molecule has 0 spiro atoms. The number of aromatic carboxylic acids is 1. The van der Waals surface area contributed by atoms with Crippen molar-refractivity contribution in [2.24, 2.45) is 5.41 Å². The smallest absolute Gasteiger partial charge is 0.341 e. The molecule has 1 aromatic carbocycles. The monoisotopic (exact) mass is 458 g/mol. The van der Waals surface area contributed by atoms with Crippen molar-refractivity contribution in [2.45, 2.75) is 45.6 Å². The summed E-state index contributed by atoms with van der Waals surface area (Å²) in [5.74, 6) is -3.97. The SMILES string of the molecule is CC(C)(C)[C@@H]1Cc2c(cc(N3CCC(F)(F)C3)c3ccsc23)-c2cc(=O)c(C(=O)O)cn21. The zero-order valence-corrected chi connectivity index (χ0v) is 18.9. The molecule has 168 valence electrons. The van der Waals surface area contributed by atoms with Gasteiger partial charge in [0.25, 0.3) is 5.92 Å². The molecule has 2 aliphatic heterocycles. The number of anilines is 1. The van der Waals surface area contributed by atoms with Crippen molar-refractivity contribution >= 4 is 33.1 Å². The lowest BCUT2D eigenvalue weighted by molar-refractivity contribution is 0.0257. The number of hydrogen-bond acceptors (Lipinski definition) is 4. The first-order valence-electron chi connectivity index (χ1n) is 10.6. The number of benzene rings is 1. The van der Waals surface area contributed by atoms with Crippen molar-refractivity contribution in [2.75, 3.05) is 18.0 Å². The molecular weight excluding hydrogens is 434 g/mol. The van der Waals surface area contributed by atoms with Crippen LogP contribution in [-0.2, 0) is 6.42 Å². The third kappa shape index (κ3) is 3.23. The summed E-state index contributed by atoms with van der Waals surface area (Å²) in [5, 5.41) is 12.4. The number of aromatic nitrogens is 1. The number of halogens is 2. The van der Waals surface area contributed by atoms with Gasteiger partial charge in [-0.05, 0) is 34.9 Å². The maximum atomic E-state index is 14.0. The number of carboxylic acids is 1. The minimum atomic E-state index is -2.72. The minimum Gasteiger partial charge on any atom is -0.477 e. The zero-order valence-electron chi connectivity index (χ0n) is 18.1. The molecule has 0 bridgehead atoms. The highest BCUT2D eigenvalue weighted by molar-refractivity contribution is 7.17. The number of thiophene rings is 1. The number of carboxylic acid groups (broad SMARTS) is 1. The highest BCUT2D eigenvalue weighted by atomic mass is 32.1. The van der Waals surface area contributed by atoms with E-state index in [-0.39, 0.29) is 36.5 Å². The number of fused-ring (bicyclic) bond motifs is 5. The van der Waals surface area contributed by atoms with E-state index in [0.717, 1.165) is 26.9 Å². The van der Waals surface area contributed by atoms with Crippen LogP contribution in [0.15, 0.2) is 34.6 Å². The summed E-state index contributed by atoms with van der Waals surface area (Å²) in [5.41, 5.74) is 2.28. The number of pyridine rings is 1. The van der Waals surface area contributed by atoms with Gasteiger partial charge in [-0.15, -0.1) is 11.3 Å². The molecule has 8 heteroatoms. The fourth-order valence-electron chi connectivity index (χ4n) is 5.00. The second kappa shape index (κ2) is 6.88. The molecule has 0 amide bonds. The van der Waals surface area contributed by atoms with E-state index < -0.39 is 17.3 Å². The van der Waals surface area contributed by atoms with Crippen molar-refractivity contribution in [1.29, 1.82) is 0 Å². The van der Waals surface area contributed by atoms with E-state index in [9.17, 15) is 23.5 Å². The van der Waals surface area contributed by atoms with E-state index in [0.29, 0.717) is 12.1 Å². The Kier molecular flexibility index (Phi) is 4.54. The van der Waals surface area contributed by atoms with Gasteiger partial charge < -0.3 is 14.6 Å². The van der Waals surface area contributed by atoms with Crippen LogP contribution >= 0.6 is 11.3 Å². The Balaban J connectivity index is 1.79. The molecule has 32 heavy (non-hydrogen) atoms. The average molecular weight is 459 g/mol. The van der Waals surface area contributed by atoms with Crippen LogP contribution < -0.4 is 10.3 Å². The molecule has 1 fully saturated rings. The van der Waals surface area contributed by atoms with Crippen molar-refractivity contribution < 1.29 is 18.7 Å². The van der Waals surface area contributed by atoms with Crippen LogP contribution in [-0.4, -0.2) is 34.7 Å². The quantitative estimate of drug-likeness (QED) is 0.557. The lowest BCUT2D eigenvalue weighted by Crippen LogP contribution is -2.33. The summed E-state index contributed by atoms with van der Waals surface area (Å²) in [6.07, 6.45) is 1.93. The third-order valence-electron chi connectivity index (χ3n) is 6.65. The average Bonchev–Trinajstić information content (AvgIpc) is 3.31.